The highest BCUT2D eigenvalue weighted by molar-refractivity contribution is 5.91. The van der Waals surface area contributed by atoms with Gasteiger partial charge in [-0.3, -0.25) is 0 Å². The molecule has 0 aliphatic carbocycles. The number of nitrogens with one attached hydrogen (secondary N) is 1. The highest BCUT2D eigenvalue weighted by atomic mass is 16.6. The maximum Gasteiger partial charge on any atom is 0.407 e. The van der Waals surface area contributed by atoms with E-state index in [1.807, 2.05) is 57.2 Å². The monoisotopic (exact) mass is 341 g/mol. The van der Waals surface area contributed by atoms with Crippen molar-refractivity contribution >= 4 is 12.1 Å². The van der Waals surface area contributed by atoms with Crippen molar-refractivity contribution in [3.05, 3.63) is 59.7 Å². The normalized spacial score (nSPS) is 10.9. The molecule has 0 aromatic heterocycles. The van der Waals surface area contributed by atoms with Gasteiger partial charge in [0.05, 0.1) is 12.7 Å². The largest absolute Gasteiger partial charge is 0.465 e. The lowest BCUT2D eigenvalue weighted by Crippen LogP contribution is -2.32. The zero-order valence-electron chi connectivity index (χ0n) is 15.0. The van der Waals surface area contributed by atoms with E-state index in [9.17, 15) is 9.59 Å². The predicted octanol–water partition coefficient (Wildman–Crippen LogP) is 4.16. The molecule has 1 amide bonds. The summed E-state index contributed by atoms with van der Waals surface area (Å²) >= 11 is 0. The molecule has 0 fully saturated rings. The molecule has 0 radical (unpaired) electrons. The van der Waals surface area contributed by atoms with Crippen LogP contribution < -0.4 is 5.32 Å². The highest BCUT2D eigenvalue weighted by Crippen LogP contribution is 2.22. The lowest BCUT2D eigenvalue weighted by molar-refractivity contribution is 0.0522. The van der Waals surface area contributed by atoms with Gasteiger partial charge < -0.3 is 14.8 Å². The van der Waals surface area contributed by atoms with Crippen LogP contribution in [-0.2, 0) is 16.0 Å². The molecule has 1 N–H and O–H groups in total. The third-order valence-corrected chi connectivity index (χ3v) is 3.38. The van der Waals surface area contributed by atoms with Gasteiger partial charge in [-0.1, -0.05) is 30.3 Å². The van der Waals surface area contributed by atoms with Gasteiger partial charge in [-0.15, -0.1) is 0 Å². The summed E-state index contributed by atoms with van der Waals surface area (Å²) in [4.78, 5) is 23.4. The number of carbonyl (C=O) groups excluding carboxylic acids is 2. The lowest BCUT2D eigenvalue weighted by atomic mass is 10.0. The number of methoxy groups -OCH3 is 1. The van der Waals surface area contributed by atoms with Gasteiger partial charge >= 0.3 is 12.1 Å². The molecular formula is C20H23NO4. The number of benzene rings is 2. The van der Waals surface area contributed by atoms with E-state index in [4.69, 9.17) is 9.47 Å². The molecule has 0 heterocycles. The number of hydrogen-bond donors (Lipinski definition) is 1. The number of amides is 1. The van der Waals surface area contributed by atoms with Crippen LogP contribution in [0.3, 0.4) is 0 Å². The summed E-state index contributed by atoms with van der Waals surface area (Å²) in [6.45, 7) is 5.82. The van der Waals surface area contributed by atoms with Gasteiger partial charge in [0.2, 0.25) is 0 Å². The summed E-state index contributed by atoms with van der Waals surface area (Å²) < 4.78 is 9.98. The van der Waals surface area contributed by atoms with Gasteiger partial charge in [-0.05, 0) is 55.7 Å². The molecule has 2 aromatic rings. The summed E-state index contributed by atoms with van der Waals surface area (Å²) in [6.07, 6.45) is -0.453. The molecule has 0 aliphatic rings. The van der Waals surface area contributed by atoms with E-state index in [-0.39, 0.29) is 5.97 Å². The van der Waals surface area contributed by atoms with Gasteiger partial charge in [0.15, 0.2) is 0 Å². The zero-order valence-corrected chi connectivity index (χ0v) is 15.0. The van der Waals surface area contributed by atoms with Gasteiger partial charge in [0, 0.05) is 6.54 Å². The Bertz CT molecular complexity index is 762. The number of rotatable bonds is 4. The van der Waals surface area contributed by atoms with E-state index in [0.29, 0.717) is 12.1 Å². The smallest absolute Gasteiger partial charge is 0.407 e. The predicted molar refractivity (Wildman–Crippen MR) is 96.3 cm³/mol. The SMILES string of the molecule is COC(=O)c1cccc(-c2cccc(CNC(=O)OC(C)(C)C)c2)c1. The van der Waals surface area contributed by atoms with Crippen molar-refractivity contribution in [2.45, 2.75) is 32.9 Å². The van der Waals surface area contributed by atoms with Crippen molar-refractivity contribution in [1.29, 1.82) is 0 Å². The maximum absolute atomic E-state index is 11.8. The van der Waals surface area contributed by atoms with E-state index in [0.717, 1.165) is 16.7 Å². The van der Waals surface area contributed by atoms with Crippen LogP contribution in [0.1, 0.15) is 36.7 Å². The van der Waals surface area contributed by atoms with Crippen molar-refractivity contribution in [2.24, 2.45) is 0 Å². The molecule has 25 heavy (non-hydrogen) atoms. The first-order valence-corrected chi connectivity index (χ1v) is 8.03. The van der Waals surface area contributed by atoms with Crippen LogP contribution in [-0.4, -0.2) is 24.8 Å². The molecule has 0 atom stereocenters. The van der Waals surface area contributed by atoms with Crippen molar-refractivity contribution in [3.63, 3.8) is 0 Å². The Hall–Kier alpha value is -2.82. The summed E-state index contributed by atoms with van der Waals surface area (Å²) in [5, 5.41) is 2.74. The van der Waals surface area contributed by atoms with Crippen molar-refractivity contribution < 1.29 is 19.1 Å². The molecule has 0 aliphatic heterocycles. The second-order valence-corrected chi connectivity index (χ2v) is 6.63. The first-order chi connectivity index (χ1) is 11.8. The zero-order chi connectivity index (χ0) is 18.4. The molecule has 0 unspecified atom stereocenters. The quantitative estimate of drug-likeness (QED) is 0.848. The van der Waals surface area contributed by atoms with Crippen LogP contribution in [0.2, 0.25) is 0 Å². The Morgan fingerprint density at radius 3 is 2.28 bits per heavy atom. The highest BCUT2D eigenvalue weighted by Gasteiger charge is 2.15. The summed E-state index contributed by atoms with van der Waals surface area (Å²) in [6, 6.07) is 15.0. The fourth-order valence-electron chi connectivity index (χ4n) is 2.29. The average Bonchev–Trinajstić information content (AvgIpc) is 2.58. The molecule has 0 saturated carbocycles. The molecule has 2 aromatic carbocycles. The molecule has 132 valence electrons. The number of hydrogen-bond acceptors (Lipinski definition) is 4. The lowest BCUT2D eigenvalue weighted by Gasteiger charge is -2.19. The minimum absolute atomic E-state index is 0.361. The first-order valence-electron chi connectivity index (χ1n) is 8.03. The van der Waals surface area contributed by atoms with Gasteiger partial charge in [0.1, 0.15) is 5.60 Å². The van der Waals surface area contributed by atoms with Crippen molar-refractivity contribution in [1.82, 2.24) is 5.32 Å². The molecule has 0 bridgehead atoms. The third-order valence-electron chi connectivity index (χ3n) is 3.38. The molecule has 0 spiro atoms. The molecular weight excluding hydrogens is 318 g/mol. The number of carbonyl (C=O) groups is 2. The number of ether oxygens (including phenoxy) is 2. The van der Waals surface area contributed by atoms with Gasteiger partial charge in [-0.25, -0.2) is 9.59 Å². The van der Waals surface area contributed by atoms with E-state index < -0.39 is 11.7 Å². The Labute approximate surface area is 148 Å². The molecule has 5 nitrogen and oxygen atoms in total. The van der Waals surface area contributed by atoms with E-state index in [1.165, 1.54) is 7.11 Å². The maximum atomic E-state index is 11.8. The van der Waals surface area contributed by atoms with E-state index in [2.05, 4.69) is 5.32 Å². The number of esters is 1. The Morgan fingerprint density at radius 2 is 1.64 bits per heavy atom. The summed E-state index contributed by atoms with van der Waals surface area (Å²) in [5.41, 5.74) is 2.76. The average molecular weight is 341 g/mol. The first kappa shape index (κ1) is 18.5. The van der Waals surface area contributed by atoms with Gasteiger partial charge in [-0.2, -0.15) is 0 Å². The summed E-state index contributed by atoms with van der Waals surface area (Å²) in [7, 11) is 1.36. The van der Waals surface area contributed by atoms with Gasteiger partial charge in [0.25, 0.3) is 0 Å². The standard InChI is InChI=1S/C20H23NO4/c1-20(2,3)25-19(23)21-13-14-7-5-8-15(11-14)16-9-6-10-17(12-16)18(22)24-4/h5-12H,13H2,1-4H3,(H,21,23). The van der Waals surface area contributed by atoms with Crippen LogP contribution in [0.4, 0.5) is 4.79 Å². The fourth-order valence-corrected chi connectivity index (χ4v) is 2.29. The Morgan fingerprint density at radius 1 is 1.00 bits per heavy atom. The minimum Gasteiger partial charge on any atom is -0.465 e. The van der Waals surface area contributed by atoms with Crippen LogP contribution in [0.15, 0.2) is 48.5 Å². The minimum atomic E-state index is -0.528. The van der Waals surface area contributed by atoms with Crippen molar-refractivity contribution in [3.8, 4) is 11.1 Å². The Kier molecular flexibility index (Phi) is 5.80. The number of alkyl carbamates (subject to hydrolysis) is 1. The summed E-state index contributed by atoms with van der Waals surface area (Å²) in [5.74, 6) is -0.371. The van der Waals surface area contributed by atoms with Crippen LogP contribution >= 0.6 is 0 Å². The van der Waals surface area contributed by atoms with E-state index in [1.54, 1.807) is 12.1 Å². The van der Waals surface area contributed by atoms with Crippen molar-refractivity contribution in [2.75, 3.05) is 7.11 Å². The van der Waals surface area contributed by atoms with Crippen LogP contribution in [0.25, 0.3) is 11.1 Å². The molecule has 2 rings (SSSR count). The second kappa shape index (κ2) is 7.83. The van der Waals surface area contributed by atoms with E-state index >= 15 is 0 Å². The van der Waals surface area contributed by atoms with Crippen LogP contribution in [0, 0.1) is 0 Å². The molecule has 5 heteroatoms. The van der Waals surface area contributed by atoms with Crippen LogP contribution in [0.5, 0.6) is 0 Å². The second-order valence-electron chi connectivity index (χ2n) is 6.63. The topological polar surface area (TPSA) is 64.6 Å². The third kappa shape index (κ3) is 5.64. The Balaban J connectivity index is 2.11. The molecule has 0 saturated heterocycles. The fraction of sp³-hybridized carbons (Fsp3) is 0.300.